The van der Waals surface area contributed by atoms with Gasteiger partial charge in [-0.15, -0.1) is 0 Å². The van der Waals surface area contributed by atoms with Gasteiger partial charge in [-0.05, 0) is 18.2 Å². The predicted molar refractivity (Wildman–Crippen MR) is 68.3 cm³/mol. The Labute approximate surface area is 118 Å². The molecule has 1 aromatic carbocycles. The van der Waals surface area contributed by atoms with E-state index in [2.05, 4.69) is 10.3 Å². The lowest BCUT2D eigenvalue weighted by molar-refractivity contribution is 0.0949. The summed E-state index contributed by atoms with van der Waals surface area (Å²) >= 11 is 0. The van der Waals surface area contributed by atoms with Gasteiger partial charge >= 0.3 is 0 Å². The molecule has 0 aliphatic rings. The summed E-state index contributed by atoms with van der Waals surface area (Å²) in [5, 5.41) is 2.45. The number of nitrogens with one attached hydrogen (secondary N) is 1. The average molecular weight is 296 g/mol. The van der Waals surface area contributed by atoms with Crippen molar-refractivity contribution in [2.45, 2.75) is 6.54 Å². The van der Waals surface area contributed by atoms with Crippen molar-refractivity contribution in [1.82, 2.24) is 10.3 Å². The van der Waals surface area contributed by atoms with Gasteiger partial charge in [0.05, 0.1) is 7.11 Å². The molecule has 0 unspecified atom stereocenters. The number of amides is 1. The molecule has 0 aliphatic heterocycles. The molecule has 0 saturated carbocycles. The standard InChI is InChI=1S/C14H11F3N2O2/c1-21-14-8(3-2-4-18-14)7-19-13(20)9-5-10(15)12(17)11(16)6-9/h2-6H,7H2,1H3,(H,19,20). The van der Waals surface area contributed by atoms with Gasteiger partial charge in [0.25, 0.3) is 5.91 Å². The molecule has 1 amide bonds. The molecule has 0 saturated heterocycles. The maximum atomic E-state index is 13.1. The molecule has 2 aromatic rings. The van der Waals surface area contributed by atoms with E-state index in [-0.39, 0.29) is 12.1 Å². The van der Waals surface area contributed by atoms with E-state index >= 15 is 0 Å². The first-order valence-corrected chi connectivity index (χ1v) is 5.93. The van der Waals surface area contributed by atoms with Crippen molar-refractivity contribution in [3.8, 4) is 5.88 Å². The lowest BCUT2D eigenvalue weighted by Gasteiger charge is -2.09. The Hall–Kier alpha value is -2.57. The number of carbonyl (C=O) groups is 1. The smallest absolute Gasteiger partial charge is 0.251 e. The third kappa shape index (κ3) is 3.31. The van der Waals surface area contributed by atoms with Crippen molar-refractivity contribution < 1.29 is 22.7 Å². The molecule has 1 heterocycles. The number of ether oxygens (including phenoxy) is 1. The van der Waals surface area contributed by atoms with Crippen LogP contribution in [0.4, 0.5) is 13.2 Å². The molecule has 0 aliphatic carbocycles. The number of carbonyl (C=O) groups excluding carboxylic acids is 1. The van der Waals surface area contributed by atoms with E-state index in [1.54, 1.807) is 12.1 Å². The Morgan fingerprint density at radius 3 is 2.57 bits per heavy atom. The minimum atomic E-state index is -1.61. The van der Waals surface area contributed by atoms with Gasteiger partial charge in [-0.2, -0.15) is 0 Å². The van der Waals surface area contributed by atoms with Crippen LogP contribution in [-0.2, 0) is 6.54 Å². The highest BCUT2D eigenvalue weighted by molar-refractivity contribution is 5.94. The Balaban J connectivity index is 2.12. The molecule has 0 bridgehead atoms. The summed E-state index contributed by atoms with van der Waals surface area (Å²) in [5.74, 6) is -4.85. The maximum absolute atomic E-state index is 13.1. The third-order valence-corrected chi connectivity index (χ3v) is 2.73. The minimum Gasteiger partial charge on any atom is -0.481 e. The fraction of sp³-hybridized carbons (Fsp3) is 0.143. The Bertz CT molecular complexity index is 654. The molecule has 2 rings (SSSR count). The number of halogens is 3. The molecule has 0 spiro atoms. The zero-order valence-corrected chi connectivity index (χ0v) is 11.0. The highest BCUT2D eigenvalue weighted by atomic mass is 19.2. The van der Waals surface area contributed by atoms with Crippen LogP contribution in [0.3, 0.4) is 0 Å². The molecule has 1 aromatic heterocycles. The van der Waals surface area contributed by atoms with Gasteiger partial charge in [-0.25, -0.2) is 18.2 Å². The number of methoxy groups -OCH3 is 1. The molecule has 0 radical (unpaired) electrons. The summed E-state index contributed by atoms with van der Waals surface area (Å²) in [6, 6.07) is 4.60. The van der Waals surface area contributed by atoms with E-state index in [0.717, 1.165) is 0 Å². The maximum Gasteiger partial charge on any atom is 0.251 e. The number of aromatic nitrogens is 1. The highest BCUT2D eigenvalue weighted by Crippen LogP contribution is 2.15. The van der Waals surface area contributed by atoms with Crippen LogP contribution in [0.25, 0.3) is 0 Å². The van der Waals surface area contributed by atoms with E-state index in [9.17, 15) is 18.0 Å². The molecule has 110 valence electrons. The number of rotatable bonds is 4. The van der Waals surface area contributed by atoms with Gasteiger partial charge in [-0.1, -0.05) is 6.07 Å². The molecule has 21 heavy (non-hydrogen) atoms. The fourth-order valence-corrected chi connectivity index (χ4v) is 1.71. The van der Waals surface area contributed by atoms with Gasteiger partial charge in [0.1, 0.15) is 0 Å². The molecular formula is C14H11F3N2O2. The van der Waals surface area contributed by atoms with Crippen molar-refractivity contribution in [2.75, 3.05) is 7.11 Å². The van der Waals surface area contributed by atoms with E-state index in [1.807, 2.05) is 0 Å². The van der Waals surface area contributed by atoms with Crippen LogP contribution in [0.2, 0.25) is 0 Å². The quantitative estimate of drug-likeness (QED) is 0.882. The SMILES string of the molecule is COc1ncccc1CNC(=O)c1cc(F)c(F)c(F)c1. The number of hydrogen-bond donors (Lipinski definition) is 1. The molecular weight excluding hydrogens is 285 g/mol. The lowest BCUT2D eigenvalue weighted by Crippen LogP contribution is -2.23. The Morgan fingerprint density at radius 2 is 1.95 bits per heavy atom. The summed E-state index contributed by atoms with van der Waals surface area (Å²) in [4.78, 5) is 15.7. The van der Waals surface area contributed by atoms with Crippen LogP contribution < -0.4 is 10.1 Å². The van der Waals surface area contributed by atoms with Crippen molar-refractivity contribution in [3.63, 3.8) is 0 Å². The topological polar surface area (TPSA) is 51.2 Å². The largest absolute Gasteiger partial charge is 0.481 e. The van der Waals surface area contributed by atoms with Crippen LogP contribution in [0.15, 0.2) is 30.5 Å². The summed E-state index contributed by atoms with van der Waals surface area (Å²) in [5.41, 5.74) is 0.283. The normalized spacial score (nSPS) is 10.3. The highest BCUT2D eigenvalue weighted by Gasteiger charge is 2.15. The number of pyridine rings is 1. The van der Waals surface area contributed by atoms with Gasteiger partial charge in [0.15, 0.2) is 17.5 Å². The van der Waals surface area contributed by atoms with Crippen LogP contribution in [-0.4, -0.2) is 18.0 Å². The summed E-state index contributed by atoms with van der Waals surface area (Å²) in [6.45, 7) is 0.0520. The Morgan fingerprint density at radius 1 is 1.29 bits per heavy atom. The molecule has 7 heteroatoms. The number of hydrogen-bond acceptors (Lipinski definition) is 3. The lowest BCUT2D eigenvalue weighted by atomic mass is 10.2. The molecule has 0 fully saturated rings. The first-order chi connectivity index (χ1) is 10.0. The van der Waals surface area contributed by atoms with Crippen molar-refractivity contribution in [1.29, 1.82) is 0 Å². The van der Waals surface area contributed by atoms with Gasteiger partial charge < -0.3 is 10.1 Å². The van der Waals surface area contributed by atoms with E-state index in [0.29, 0.717) is 23.6 Å². The third-order valence-electron chi connectivity index (χ3n) is 2.73. The van der Waals surface area contributed by atoms with Gasteiger partial charge in [0.2, 0.25) is 5.88 Å². The molecule has 4 nitrogen and oxygen atoms in total. The van der Waals surface area contributed by atoms with Gasteiger partial charge in [0, 0.05) is 23.9 Å². The second kappa shape index (κ2) is 6.25. The predicted octanol–water partition coefficient (Wildman–Crippen LogP) is 2.44. The Kier molecular flexibility index (Phi) is 4.42. The first-order valence-electron chi connectivity index (χ1n) is 5.93. The van der Waals surface area contributed by atoms with Crippen LogP contribution in [0.5, 0.6) is 5.88 Å². The van der Waals surface area contributed by atoms with E-state index in [4.69, 9.17) is 4.74 Å². The summed E-state index contributed by atoms with van der Waals surface area (Å²) in [6.07, 6.45) is 1.52. The second-order valence-corrected chi connectivity index (χ2v) is 4.11. The van der Waals surface area contributed by atoms with Crippen molar-refractivity contribution in [2.24, 2.45) is 0 Å². The van der Waals surface area contributed by atoms with Crippen LogP contribution in [0, 0.1) is 17.5 Å². The van der Waals surface area contributed by atoms with E-state index < -0.39 is 23.4 Å². The average Bonchev–Trinajstić information content (AvgIpc) is 2.49. The monoisotopic (exact) mass is 296 g/mol. The zero-order valence-electron chi connectivity index (χ0n) is 11.0. The zero-order chi connectivity index (χ0) is 15.4. The van der Waals surface area contributed by atoms with Crippen LogP contribution in [0.1, 0.15) is 15.9 Å². The summed E-state index contributed by atoms with van der Waals surface area (Å²) in [7, 11) is 1.43. The minimum absolute atomic E-state index is 0.0520. The number of benzene rings is 1. The summed E-state index contributed by atoms with van der Waals surface area (Å²) < 4.78 is 43.9. The van der Waals surface area contributed by atoms with E-state index in [1.165, 1.54) is 13.3 Å². The van der Waals surface area contributed by atoms with Crippen molar-refractivity contribution >= 4 is 5.91 Å². The second-order valence-electron chi connectivity index (χ2n) is 4.11. The molecule has 1 N–H and O–H groups in total. The van der Waals surface area contributed by atoms with Crippen molar-refractivity contribution in [3.05, 3.63) is 59.0 Å². The number of nitrogens with zero attached hydrogens (tertiary/aromatic N) is 1. The van der Waals surface area contributed by atoms with Crippen LogP contribution >= 0.6 is 0 Å². The fourth-order valence-electron chi connectivity index (χ4n) is 1.71. The first kappa shape index (κ1) is 14.8. The molecule has 0 atom stereocenters. The van der Waals surface area contributed by atoms with Gasteiger partial charge in [-0.3, -0.25) is 4.79 Å².